The number of para-hydroxylation sites is 1. The molecule has 1 aliphatic rings. The van der Waals surface area contributed by atoms with Crippen molar-refractivity contribution >= 4 is 23.6 Å². The third kappa shape index (κ3) is 2.37. The Morgan fingerprint density at radius 1 is 1.21 bits per heavy atom. The average molecular weight is 319 g/mol. The fourth-order valence-electron chi connectivity index (χ4n) is 3.96. The van der Waals surface area contributed by atoms with Crippen LogP contribution in [0.4, 0.5) is 4.39 Å². The molecule has 2 unspecified atom stereocenters. The highest BCUT2D eigenvalue weighted by Gasteiger charge is 2.31. The van der Waals surface area contributed by atoms with E-state index in [1.54, 1.807) is 6.07 Å². The predicted molar refractivity (Wildman–Crippen MR) is 98.8 cm³/mol. The fraction of sp³-hybridized carbons (Fsp3) is 0.300. The molecule has 4 heteroatoms. The van der Waals surface area contributed by atoms with Crippen molar-refractivity contribution in [1.29, 1.82) is 0 Å². The van der Waals surface area contributed by atoms with Gasteiger partial charge in [0, 0.05) is 28.2 Å². The Morgan fingerprint density at radius 2 is 2.00 bits per heavy atom. The van der Waals surface area contributed by atoms with Crippen LogP contribution in [-0.4, -0.2) is 18.3 Å². The molecule has 4 rings (SSSR count). The maximum atomic E-state index is 14.9. The molecule has 0 amide bonds. The quantitative estimate of drug-likeness (QED) is 0.694. The number of fused-ring (bicyclic) bond motifs is 3. The summed E-state index contributed by atoms with van der Waals surface area (Å²) in [5, 5.41) is 4.84. The summed E-state index contributed by atoms with van der Waals surface area (Å²) in [6.45, 7) is 6.10. The lowest BCUT2D eigenvalue weighted by atomic mass is 9.72. The Balaban J connectivity index is 1.92. The molecular formula is C20H21BFN2. The van der Waals surface area contributed by atoms with Crippen molar-refractivity contribution in [1.82, 2.24) is 10.3 Å². The summed E-state index contributed by atoms with van der Waals surface area (Å²) in [5.41, 5.74) is 6.20. The Labute approximate surface area is 142 Å². The van der Waals surface area contributed by atoms with Crippen molar-refractivity contribution in [3.8, 4) is 0 Å². The van der Waals surface area contributed by atoms with Gasteiger partial charge in [-0.1, -0.05) is 36.6 Å². The number of aromatic nitrogens is 1. The van der Waals surface area contributed by atoms with E-state index in [2.05, 4.69) is 41.5 Å². The zero-order chi connectivity index (χ0) is 16.8. The van der Waals surface area contributed by atoms with Crippen LogP contribution >= 0.6 is 0 Å². The molecule has 0 saturated carbocycles. The largest absolute Gasteiger partial charge is 0.357 e. The molecule has 0 bridgehead atoms. The van der Waals surface area contributed by atoms with Crippen LogP contribution in [0, 0.1) is 12.7 Å². The molecule has 0 aliphatic carbocycles. The zero-order valence-corrected chi connectivity index (χ0v) is 14.3. The average Bonchev–Trinajstić information content (AvgIpc) is 2.93. The topological polar surface area (TPSA) is 27.8 Å². The first-order chi connectivity index (χ1) is 11.6. The van der Waals surface area contributed by atoms with Crippen molar-refractivity contribution < 1.29 is 4.39 Å². The first-order valence-electron chi connectivity index (χ1n) is 8.53. The van der Waals surface area contributed by atoms with E-state index in [0.717, 1.165) is 34.2 Å². The van der Waals surface area contributed by atoms with Crippen molar-refractivity contribution in [2.45, 2.75) is 39.2 Å². The van der Waals surface area contributed by atoms with Crippen LogP contribution in [0.15, 0.2) is 36.4 Å². The molecule has 1 aliphatic heterocycles. The summed E-state index contributed by atoms with van der Waals surface area (Å²) in [7, 11) is 1.94. The zero-order valence-electron chi connectivity index (χ0n) is 14.3. The molecule has 2 N–H and O–H groups in total. The van der Waals surface area contributed by atoms with Gasteiger partial charge in [-0.05, 0) is 43.5 Å². The van der Waals surface area contributed by atoms with Gasteiger partial charge in [0.2, 0.25) is 0 Å². The van der Waals surface area contributed by atoms with E-state index in [1.807, 2.05) is 27.1 Å². The predicted octanol–water partition coefficient (Wildman–Crippen LogP) is 3.62. The minimum Gasteiger partial charge on any atom is -0.357 e. The molecule has 0 fully saturated rings. The summed E-state index contributed by atoms with van der Waals surface area (Å²) in [4.78, 5) is 3.53. The number of hydrogen-bond acceptors (Lipinski definition) is 1. The van der Waals surface area contributed by atoms with Crippen LogP contribution in [0.5, 0.6) is 0 Å². The molecule has 24 heavy (non-hydrogen) atoms. The van der Waals surface area contributed by atoms with E-state index in [-0.39, 0.29) is 11.9 Å². The van der Waals surface area contributed by atoms with Gasteiger partial charge in [0.1, 0.15) is 13.1 Å². The van der Waals surface area contributed by atoms with Crippen molar-refractivity contribution in [3.05, 3.63) is 64.6 Å². The van der Waals surface area contributed by atoms with Gasteiger partial charge in [0.25, 0.3) is 0 Å². The summed E-state index contributed by atoms with van der Waals surface area (Å²) in [6.07, 6.45) is 0.956. The van der Waals surface area contributed by atoms with Gasteiger partial charge < -0.3 is 10.3 Å². The van der Waals surface area contributed by atoms with E-state index >= 15 is 0 Å². The normalized spacial score (nSPS) is 20.2. The Kier molecular flexibility index (Phi) is 3.72. The van der Waals surface area contributed by atoms with Gasteiger partial charge in [-0.2, -0.15) is 0 Å². The second-order valence-corrected chi connectivity index (χ2v) is 6.79. The second kappa shape index (κ2) is 5.78. The summed E-state index contributed by atoms with van der Waals surface area (Å²) >= 11 is 0. The number of benzene rings is 2. The lowest BCUT2D eigenvalue weighted by Gasteiger charge is -2.31. The molecule has 3 aromatic rings. The Hall–Kier alpha value is -2.07. The van der Waals surface area contributed by atoms with Crippen LogP contribution in [0.1, 0.15) is 35.3 Å². The fourth-order valence-corrected chi connectivity index (χ4v) is 3.96. The van der Waals surface area contributed by atoms with E-state index in [0.29, 0.717) is 6.04 Å². The lowest BCUT2D eigenvalue weighted by molar-refractivity contribution is 0.445. The van der Waals surface area contributed by atoms with Gasteiger partial charge in [0.05, 0.1) is 6.04 Å². The number of H-pyrrole nitrogens is 1. The smallest absolute Gasteiger partial charge is 0.148 e. The van der Waals surface area contributed by atoms with Crippen molar-refractivity contribution in [3.63, 3.8) is 0 Å². The third-order valence-electron chi connectivity index (χ3n) is 5.08. The van der Waals surface area contributed by atoms with Crippen LogP contribution in [0.2, 0.25) is 6.82 Å². The second-order valence-electron chi connectivity index (χ2n) is 6.79. The SMILES string of the molecule is C[B]c1cc(C)c(C2NC(C)Cc3c2[nH]c2ccccc32)c(F)c1. The number of nitrogens with one attached hydrogen (secondary N) is 2. The van der Waals surface area contributed by atoms with Gasteiger partial charge in [-0.15, -0.1) is 0 Å². The monoisotopic (exact) mass is 319 g/mol. The maximum absolute atomic E-state index is 14.9. The van der Waals surface area contributed by atoms with Crippen LogP contribution < -0.4 is 10.8 Å². The first-order valence-corrected chi connectivity index (χ1v) is 8.53. The summed E-state index contributed by atoms with van der Waals surface area (Å²) in [6, 6.07) is 12.2. The highest BCUT2D eigenvalue weighted by atomic mass is 19.1. The van der Waals surface area contributed by atoms with Gasteiger partial charge >= 0.3 is 0 Å². The van der Waals surface area contributed by atoms with Gasteiger partial charge in [0.15, 0.2) is 0 Å². The minimum atomic E-state index is -0.140. The molecule has 2 nitrogen and oxygen atoms in total. The van der Waals surface area contributed by atoms with Crippen molar-refractivity contribution in [2.75, 3.05) is 0 Å². The maximum Gasteiger partial charge on any atom is 0.148 e. The highest BCUT2D eigenvalue weighted by Crippen LogP contribution is 2.36. The molecular weight excluding hydrogens is 298 g/mol. The first kappa shape index (κ1) is 15.5. The number of rotatable bonds is 2. The lowest BCUT2D eigenvalue weighted by Crippen LogP contribution is -2.38. The van der Waals surface area contributed by atoms with E-state index < -0.39 is 0 Å². The molecule has 2 atom stereocenters. The molecule has 0 saturated heterocycles. The van der Waals surface area contributed by atoms with E-state index in [9.17, 15) is 4.39 Å². The minimum absolute atomic E-state index is 0.137. The van der Waals surface area contributed by atoms with Crippen molar-refractivity contribution in [2.24, 2.45) is 0 Å². The Morgan fingerprint density at radius 3 is 2.75 bits per heavy atom. The standard InChI is InChI=1S/C20H21BFN2/c1-11-8-13(21-3)10-16(22)18(11)20-19-15(9-12(2)23-20)14-6-4-5-7-17(14)24-19/h4-8,10,12,20,23-24H,9H2,1-3H3. The molecule has 1 radical (unpaired) electrons. The van der Waals surface area contributed by atoms with Crippen LogP contribution in [-0.2, 0) is 6.42 Å². The number of aryl methyl sites for hydroxylation is 1. The molecule has 1 aromatic heterocycles. The van der Waals surface area contributed by atoms with Gasteiger partial charge in [-0.3, -0.25) is 0 Å². The Bertz CT molecular complexity index is 892. The molecule has 2 heterocycles. The number of aromatic amines is 1. The molecule has 0 spiro atoms. The summed E-state index contributed by atoms with van der Waals surface area (Å²) < 4.78 is 14.9. The van der Waals surface area contributed by atoms with Gasteiger partial charge in [-0.25, -0.2) is 4.39 Å². The van der Waals surface area contributed by atoms with Crippen LogP contribution in [0.25, 0.3) is 10.9 Å². The van der Waals surface area contributed by atoms with E-state index in [4.69, 9.17) is 0 Å². The number of hydrogen-bond donors (Lipinski definition) is 2. The van der Waals surface area contributed by atoms with E-state index in [1.165, 1.54) is 10.9 Å². The third-order valence-corrected chi connectivity index (χ3v) is 5.08. The highest BCUT2D eigenvalue weighted by molar-refractivity contribution is 6.51. The molecule has 2 aromatic carbocycles. The number of halogens is 1. The molecule has 121 valence electrons. The summed E-state index contributed by atoms with van der Waals surface area (Å²) in [5.74, 6) is -0.140. The van der Waals surface area contributed by atoms with Crippen LogP contribution in [0.3, 0.4) is 0 Å².